The minimum absolute atomic E-state index is 0.185. The Morgan fingerprint density at radius 3 is 2.25 bits per heavy atom. The third-order valence-electron chi connectivity index (χ3n) is 3.70. The summed E-state index contributed by atoms with van der Waals surface area (Å²) in [6.07, 6.45) is -4.69. The van der Waals surface area contributed by atoms with E-state index in [0.29, 0.717) is 5.02 Å². The Morgan fingerprint density at radius 2 is 1.67 bits per heavy atom. The highest BCUT2D eigenvalue weighted by atomic mass is 35.5. The fraction of sp³-hybridized carbons (Fsp3) is 0.222. The van der Waals surface area contributed by atoms with Crippen LogP contribution in [-0.4, -0.2) is 10.9 Å². The average molecular weight is 354 g/mol. The van der Waals surface area contributed by atoms with Crippen LogP contribution < -0.4 is 4.74 Å². The first kappa shape index (κ1) is 16.7. The predicted octanol–water partition coefficient (Wildman–Crippen LogP) is 6.44. The number of rotatable bonds is 3. The van der Waals surface area contributed by atoms with Crippen LogP contribution in [0.2, 0.25) is 5.02 Å². The minimum atomic E-state index is -4.69. The van der Waals surface area contributed by atoms with Crippen molar-refractivity contribution in [3.8, 4) is 17.0 Å². The highest BCUT2D eigenvalue weighted by molar-refractivity contribution is 6.31. The molecule has 3 rings (SSSR count). The van der Waals surface area contributed by atoms with E-state index in [1.165, 1.54) is 12.1 Å². The van der Waals surface area contributed by atoms with Crippen molar-refractivity contribution >= 4 is 22.5 Å². The van der Waals surface area contributed by atoms with Crippen molar-refractivity contribution in [1.29, 1.82) is 0 Å². The molecule has 0 aliphatic carbocycles. The molecular weight excluding hydrogens is 339 g/mol. The maximum Gasteiger partial charge on any atom is 0.573 e. The monoisotopic (exact) mass is 353 g/mol. The predicted molar refractivity (Wildman–Crippen MR) is 89.5 cm³/mol. The van der Waals surface area contributed by atoms with Gasteiger partial charge in [0, 0.05) is 27.7 Å². The highest BCUT2D eigenvalue weighted by Gasteiger charge is 2.31. The fourth-order valence-electron chi connectivity index (χ4n) is 2.81. The molecule has 0 saturated carbocycles. The van der Waals surface area contributed by atoms with Gasteiger partial charge in [-0.3, -0.25) is 0 Å². The highest BCUT2D eigenvalue weighted by Crippen LogP contribution is 2.34. The SMILES string of the molecule is CC(C)n1c(-c2ccc(OC(F)(F)F)cc2)cc2cc(Cl)ccc21. The van der Waals surface area contributed by atoms with Gasteiger partial charge in [-0.05, 0) is 67.9 Å². The molecule has 0 amide bonds. The molecule has 0 fully saturated rings. The molecule has 0 N–H and O–H groups in total. The summed E-state index contributed by atoms with van der Waals surface area (Å²) in [6.45, 7) is 4.11. The van der Waals surface area contributed by atoms with Gasteiger partial charge in [-0.15, -0.1) is 13.2 Å². The maximum absolute atomic E-state index is 12.3. The van der Waals surface area contributed by atoms with Crippen molar-refractivity contribution in [3.05, 3.63) is 53.6 Å². The van der Waals surface area contributed by atoms with Crippen LogP contribution in [0.1, 0.15) is 19.9 Å². The van der Waals surface area contributed by atoms with Crippen LogP contribution in [0.15, 0.2) is 48.5 Å². The van der Waals surface area contributed by atoms with Crippen LogP contribution in [0.25, 0.3) is 22.2 Å². The molecule has 0 bridgehead atoms. The Labute approximate surface area is 142 Å². The zero-order valence-electron chi connectivity index (χ0n) is 13.1. The second-order valence-corrected chi connectivity index (χ2v) is 6.21. The van der Waals surface area contributed by atoms with Crippen LogP contribution in [0.4, 0.5) is 13.2 Å². The van der Waals surface area contributed by atoms with Gasteiger partial charge in [0.15, 0.2) is 0 Å². The molecule has 1 heterocycles. The average Bonchev–Trinajstić information content (AvgIpc) is 2.84. The molecule has 0 saturated heterocycles. The van der Waals surface area contributed by atoms with Crippen LogP contribution in [0.3, 0.4) is 0 Å². The van der Waals surface area contributed by atoms with Gasteiger partial charge >= 0.3 is 6.36 Å². The van der Waals surface area contributed by atoms with Crippen molar-refractivity contribution in [2.45, 2.75) is 26.3 Å². The lowest BCUT2D eigenvalue weighted by molar-refractivity contribution is -0.274. The van der Waals surface area contributed by atoms with E-state index in [-0.39, 0.29) is 11.8 Å². The Morgan fingerprint density at radius 1 is 1.00 bits per heavy atom. The maximum atomic E-state index is 12.3. The van der Waals surface area contributed by atoms with Crippen LogP contribution in [0.5, 0.6) is 5.75 Å². The van der Waals surface area contributed by atoms with Gasteiger partial charge in [0.1, 0.15) is 5.75 Å². The van der Waals surface area contributed by atoms with Crippen LogP contribution in [-0.2, 0) is 0 Å². The van der Waals surface area contributed by atoms with Crippen LogP contribution in [0, 0.1) is 0 Å². The van der Waals surface area contributed by atoms with Gasteiger partial charge in [0.2, 0.25) is 0 Å². The lowest BCUT2D eigenvalue weighted by atomic mass is 10.1. The summed E-state index contributed by atoms with van der Waals surface area (Å²) < 4.78 is 42.9. The number of benzene rings is 2. The van der Waals surface area contributed by atoms with Crippen molar-refractivity contribution in [3.63, 3.8) is 0 Å². The molecule has 0 spiro atoms. The summed E-state index contributed by atoms with van der Waals surface area (Å²) >= 11 is 6.06. The second-order valence-electron chi connectivity index (χ2n) is 5.77. The van der Waals surface area contributed by atoms with Crippen molar-refractivity contribution in [2.75, 3.05) is 0 Å². The lowest BCUT2D eigenvalue weighted by Crippen LogP contribution is -2.16. The quantitative estimate of drug-likeness (QED) is 0.528. The van der Waals surface area contributed by atoms with E-state index in [9.17, 15) is 13.2 Å². The molecule has 3 aromatic rings. The van der Waals surface area contributed by atoms with E-state index < -0.39 is 6.36 Å². The first-order chi connectivity index (χ1) is 11.2. The van der Waals surface area contributed by atoms with E-state index in [1.54, 1.807) is 12.1 Å². The first-order valence-corrected chi connectivity index (χ1v) is 7.79. The summed E-state index contributed by atoms with van der Waals surface area (Å²) in [5.74, 6) is -0.235. The molecule has 6 heteroatoms. The molecule has 0 aliphatic rings. The first-order valence-electron chi connectivity index (χ1n) is 7.41. The fourth-order valence-corrected chi connectivity index (χ4v) is 2.99. The molecule has 0 atom stereocenters. The summed E-state index contributed by atoms with van der Waals surface area (Å²) in [7, 11) is 0. The lowest BCUT2D eigenvalue weighted by Gasteiger charge is -2.15. The van der Waals surface area contributed by atoms with E-state index in [2.05, 4.69) is 23.2 Å². The van der Waals surface area contributed by atoms with E-state index >= 15 is 0 Å². The topological polar surface area (TPSA) is 14.2 Å². The Hall–Kier alpha value is -2.14. The smallest absolute Gasteiger partial charge is 0.406 e. The van der Waals surface area contributed by atoms with Gasteiger partial charge in [-0.25, -0.2) is 0 Å². The molecule has 2 nitrogen and oxygen atoms in total. The number of ether oxygens (including phenoxy) is 1. The number of nitrogens with zero attached hydrogens (tertiary/aromatic N) is 1. The van der Waals surface area contributed by atoms with Crippen LogP contribution >= 0.6 is 11.6 Å². The number of halogens is 4. The van der Waals surface area contributed by atoms with E-state index in [0.717, 1.165) is 22.2 Å². The molecule has 126 valence electrons. The number of hydrogen-bond acceptors (Lipinski definition) is 1. The molecule has 2 aromatic carbocycles. The van der Waals surface area contributed by atoms with Gasteiger partial charge in [-0.2, -0.15) is 0 Å². The summed E-state index contributed by atoms with van der Waals surface area (Å²) in [4.78, 5) is 0. The number of alkyl halides is 3. The zero-order chi connectivity index (χ0) is 17.5. The van der Waals surface area contributed by atoms with Gasteiger partial charge in [0.25, 0.3) is 0 Å². The third kappa shape index (κ3) is 3.36. The molecule has 24 heavy (non-hydrogen) atoms. The molecule has 0 radical (unpaired) electrons. The van der Waals surface area contributed by atoms with Crippen molar-refractivity contribution in [2.24, 2.45) is 0 Å². The Bertz CT molecular complexity index is 866. The minimum Gasteiger partial charge on any atom is -0.406 e. The van der Waals surface area contributed by atoms with Crippen molar-refractivity contribution in [1.82, 2.24) is 4.57 Å². The van der Waals surface area contributed by atoms with E-state index in [4.69, 9.17) is 11.6 Å². The Balaban J connectivity index is 2.07. The number of hydrogen-bond donors (Lipinski definition) is 0. The normalized spacial score (nSPS) is 12.1. The summed E-state index contributed by atoms with van der Waals surface area (Å²) in [6, 6.07) is 13.7. The Kier molecular flexibility index (Phi) is 4.22. The van der Waals surface area contributed by atoms with Gasteiger partial charge < -0.3 is 9.30 Å². The zero-order valence-corrected chi connectivity index (χ0v) is 13.8. The second kappa shape index (κ2) is 6.06. The number of fused-ring (bicyclic) bond motifs is 1. The molecule has 1 aromatic heterocycles. The van der Waals surface area contributed by atoms with Gasteiger partial charge in [-0.1, -0.05) is 11.6 Å². The third-order valence-corrected chi connectivity index (χ3v) is 3.94. The number of aromatic nitrogens is 1. The molecular formula is C18H15ClF3NO. The largest absolute Gasteiger partial charge is 0.573 e. The van der Waals surface area contributed by atoms with Gasteiger partial charge in [0.05, 0.1) is 0 Å². The molecule has 0 unspecified atom stereocenters. The summed E-state index contributed by atoms with van der Waals surface area (Å²) in [5, 5.41) is 1.63. The van der Waals surface area contributed by atoms with E-state index in [1.807, 2.05) is 24.3 Å². The standard InChI is InChI=1S/C18H15ClF3NO/c1-11(2)23-16-8-5-14(19)9-13(16)10-17(23)12-3-6-15(7-4-12)24-18(20,21)22/h3-11H,1-2H3. The van der Waals surface area contributed by atoms with Crippen molar-refractivity contribution < 1.29 is 17.9 Å². The molecule has 0 aliphatic heterocycles. The summed E-state index contributed by atoms with van der Waals surface area (Å²) in [5.41, 5.74) is 2.76.